The second-order valence-corrected chi connectivity index (χ2v) is 9.68. The van der Waals surface area contributed by atoms with Crippen LogP contribution in [0.2, 0.25) is 0 Å². The first kappa shape index (κ1) is 16.0. The SMILES string of the molecule is Cc1ccc(S(=O)(=O)O[C@H]2C[C@@H]3C[C@H]2[C@H](C(C)(C)C)C3)cc1. The maximum Gasteiger partial charge on any atom is 0.297 e. The van der Waals surface area contributed by atoms with Gasteiger partial charge >= 0.3 is 0 Å². The summed E-state index contributed by atoms with van der Waals surface area (Å²) in [6.45, 7) is 8.71. The van der Waals surface area contributed by atoms with Gasteiger partial charge in [-0.25, -0.2) is 0 Å². The molecular weight excluding hydrogens is 296 g/mol. The Labute approximate surface area is 134 Å². The molecule has 0 heterocycles. The monoisotopic (exact) mass is 322 g/mol. The minimum Gasteiger partial charge on any atom is -0.263 e. The second kappa shape index (κ2) is 5.34. The minimum absolute atomic E-state index is 0.144. The molecule has 0 aliphatic heterocycles. The van der Waals surface area contributed by atoms with Gasteiger partial charge in [-0.2, -0.15) is 8.42 Å². The largest absolute Gasteiger partial charge is 0.297 e. The van der Waals surface area contributed by atoms with Crippen LogP contribution in [0.1, 0.15) is 45.6 Å². The van der Waals surface area contributed by atoms with Crippen LogP contribution in [0, 0.1) is 30.1 Å². The average Bonchev–Trinajstić information content (AvgIpc) is 2.97. The summed E-state index contributed by atoms with van der Waals surface area (Å²) in [6, 6.07) is 6.90. The van der Waals surface area contributed by atoms with E-state index >= 15 is 0 Å². The molecule has 3 rings (SSSR count). The zero-order valence-corrected chi connectivity index (χ0v) is 14.7. The summed E-state index contributed by atoms with van der Waals surface area (Å²) in [5.41, 5.74) is 1.27. The lowest BCUT2D eigenvalue weighted by Gasteiger charge is -2.37. The predicted octanol–water partition coefficient (Wildman–Crippen LogP) is 4.16. The van der Waals surface area contributed by atoms with Crippen LogP contribution in [0.15, 0.2) is 29.2 Å². The van der Waals surface area contributed by atoms with Gasteiger partial charge in [-0.1, -0.05) is 38.5 Å². The van der Waals surface area contributed by atoms with Gasteiger partial charge in [-0.05, 0) is 61.5 Å². The Morgan fingerprint density at radius 1 is 1.05 bits per heavy atom. The summed E-state index contributed by atoms with van der Waals surface area (Å²) in [5.74, 6) is 1.57. The van der Waals surface area contributed by atoms with E-state index < -0.39 is 10.1 Å². The first-order valence-electron chi connectivity index (χ1n) is 8.17. The topological polar surface area (TPSA) is 43.4 Å². The third-order valence-electron chi connectivity index (χ3n) is 5.43. The maximum atomic E-state index is 12.5. The van der Waals surface area contributed by atoms with Gasteiger partial charge < -0.3 is 0 Å². The van der Waals surface area contributed by atoms with Crippen molar-refractivity contribution in [2.45, 2.75) is 58.0 Å². The Bertz CT molecular complexity index is 640. The van der Waals surface area contributed by atoms with Gasteiger partial charge in [0.25, 0.3) is 10.1 Å². The number of rotatable bonds is 3. The lowest BCUT2D eigenvalue weighted by Crippen LogP contribution is -2.35. The van der Waals surface area contributed by atoms with Crippen molar-refractivity contribution in [2.75, 3.05) is 0 Å². The van der Waals surface area contributed by atoms with Crippen LogP contribution >= 0.6 is 0 Å². The molecule has 0 N–H and O–H groups in total. The predicted molar refractivity (Wildman–Crippen MR) is 87.0 cm³/mol. The minimum atomic E-state index is -3.65. The molecule has 3 nitrogen and oxygen atoms in total. The molecule has 4 heteroatoms. The highest BCUT2D eigenvalue weighted by molar-refractivity contribution is 7.86. The molecule has 122 valence electrons. The van der Waals surface area contributed by atoms with Crippen molar-refractivity contribution in [1.82, 2.24) is 0 Å². The van der Waals surface area contributed by atoms with E-state index in [0.717, 1.165) is 18.4 Å². The lowest BCUT2D eigenvalue weighted by molar-refractivity contribution is 0.0572. The molecule has 2 bridgehead atoms. The van der Waals surface area contributed by atoms with E-state index in [0.29, 0.717) is 17.8 Å². The van der Waals surface area contributed by atoms with Crippen molar-refractivity contribution < 1.29 is 12.6 Å². The number of aryl methyl sites for hydroxylation is 1. The zero-order valence-electron chi connectivity index (χ0n) is 13.9. The highest BCUT2D eigenvalue weighted by atomic mass is 32.2. The Balaban J connectivity index is 1.77. The van der Waals surface area contributed by atoms with Crippen LogP contribution in [0.4, 0.5) is 0 Å². The molecule has 2 saturated carbocycles. The van der Waals surface area contributed by atoms with Crippen LogP contribution in [-0.2, 0) is 14.3 Å². The van der Waals surface area contributed by atoms with E-state index in [4.69, 9.17) is 4.18 Å². The Morgan fingerprint density at radius 3 is 2.23 bits per heavy atom. The number of hydrogen-bond donors (Lipinski definition) is 0. The number of hydrogen-bond acceptors (Lipinski definition) is 3. The Kier molecular flexibility index (Phi) is 3.89. The molecule has 1 aromatic rings. The van der Waals surface area contributed by atoms with Gasteiger partial charge in [-0.15, -0.1) is 0 Å². The van der Waals surface area contributed by atoms with E-state index in [2.05, 4.69) is 20.8 Å². The van der Waals surface area contributed by atoms with Crippen LogP contribution in [0.25, 0.3) is 0 Å². The van der Waals surface area contributed by atoms with Crippen LogP contribution in [0.3, 0.4) is 0 Å². The highest BCUT2D eigenvalue weighted by Gasteiger charge is 2.51. The van der Waals surface area contributed by atoms with E-state index in [1.807, 2.05) is 19.1 Å². The molecule has 22 heavy (non-hydrogen) atoms. The van der Waals surface area contributed by atoms with E-state index in [1.54, 1.807) is 12.1 Å². The Morgan fingerprint density at radius 2 is 1.68 bits per heavy atom. The molecule has 2 aliphatic carbocycles. The fourth-order valence-corrected chi connectivity index (χ4v) is 5.44. The van der Waals surface area contributed by atoms with Crippen molar-refractivity contribution in [3.63, 3.8) is 0 Å². The molecule has 0 spiro atoms. The normalized spacial score (nSPS) is 31.6. The summed E-state index contributed by atoms with van der Waals surface area (Å²) in [4.78, 5) is 0.271. The van der Waals surface area contributed by atoms with E-state index in [-0.39, 0.29) is 16.4 Å². The van der Waals surface area contributed by atoms with Crippen LogP contribution in [-0.4, -0.2) is 14.5 Å². The molecular formula is C18H26O3S. The molecule has 0 aromatic heterocycles. The molecule has 0 radical (unpaired) electrons. The standard InChI is InChI=1S/C18H26O3S/c1-12-5-7-14(8-6-12)22(19,20)21-17-11-13-9-15(17)16(10-13)18(2,3)4/h5-8,13,15-17H,9-11H2,1-4H3/t13-,15+,16-,17+/m1/s1. The first-order chi connectivity index (χ1) is 10.2. The summed E-state index contributed by atoms with van der Waals surface area (Å²) in [6.07, 6.45) is 3.09. The molecule has 0 amide bonds. The summed E-state index contributed by atoms with van der Waals surface area (Å²) < 4.78 is 30.7. The number of benzene rings is 1. The van der Waals surface area contributed by atoms with Crippen molar-refractivity contribution in [3.8, 4) is 0 Å². The third kappa shape index (κ3) is 2.95. The van der Waals surface area contributed by atoms with Crippen LogP contribution in [0.5, 0.6) is 0 Å². The highest BCUT2D eigenvalue weighted by Crippen LogP contribution is 2.55. The third-order valence-corrected chi connectivity index (χ3v) is 6.78. The molecule has 0 saturated heterocycles. The molecule has 2 aliphatic rings. The maximum absolute atomic E-state index is 12.5. The van der Waals surface area contributed by atoms with Gasteiger partial charge in [0.15, 0.2) is 0 Å². The van der Waals surface area contributed by atoms with Crippen molar-refractivity contribution in [1.29, 1.82) is 0 Å². The summed E-state index contributed by atoms with van der Waals surface area (Å²) in [5, 5.41) is 0. The van der Waals surface area contributed by atoms with Gasteiger partial charge in [0.2, 0.25) is 0 Å². The molecule has 0 unspecified atom stereocenters. The summed E-state index contributed by atoms with van der Waals surface area (Å²) >= 11 is 0. The van der Waals surface area contributed by atoms with Crippen LogP contribution < -0.4 is 0 Å². The second-order valence-electron chi connectivity index (χ2n) is 8.11. The zero-order chi connectivity index (χ0) is 16.1. The van der Waals surface area contributed by atoms with E-state index in [1.165, 1.54) is 6.42 Å². The van der Waals surface area contributed by atoms with Crippen molar-refractivity contribution in [3.05, 3.63) is 29.8 Å². The smallest absolute Gasteiger partial charge is 0.263 e. The molecule has 4 atom stereocenters. The lowest BCUT2D eigenvalue weighted by atomic mass is 9.71. The van der Waals surface area contributed by atoms with Gasteiger partial charge in [0.1, 0.15) is 0 Å². The summed E-state index contributed by atoms with van der Waals surface area (Å²) in [7, 11) is -3.65. The first-order valence-corrected chi connectivity index (χ1v) is 9.57. The quantitative estimate of drug-likeness (QED) is 0.785. The van der Waals surface area contributed by atoms with Crippen molar-refractivity contribution >= 4 is 10.1 Å². The Hall–Kier alpha value is -0.870. The molecule has 2 fully saturated rings. The van der Waals surface area contributed by atoms with Crippen molar-refractivity contribution in [2.24, 2.45) is 23.2 Å². The van der Waals surface area contributed by atoms with Gasteiger partial charge in [-0.3, -0.25) is 4.18 Å². The average molecular weight is 322 g/mol. The molecule has 1 aromatic carbocycles. The van der Waals surface area contributed by atoms with Gasteiger partial charge in [0, 0.05) is 0 Å². The van der Waals surface area contributed by atoms with E-state index in [9.17, 15) is 8.42 Å². The number of fused-ring (bicyclic) bond motifs is 2. The van der Waals surface area contributed by atoms with Gasteiger partial charge in [0.05, 0.1) is 11.0 Å². The fourth-order valence-electron chi connectivity index (χ4n) is 4.32. The fraction of sp³-hybridized carbons (Fsp3) is 0.667.